The number of rotatable bonds is 2. The van der Waals surface area contributed by atoms with Crippen molar-refractivity contribution in [3.8, 4) is 0 Å². The van der Waals surface area contributed by atoms with Crippen molar-refractivity contribution in [2.45, 2.75) is 63.2 Å². The van der Waals surface area contributed by atoms with E-state index in [0.29, 0.717) is 17.7 Å². The minimum atomic E-state index is -3.48. The van der Waals surface area contributed by atoms with Gasteiger partial charge in [0.05, 0.1) is 16.2 Å². The van der Waals surface area contributed by atoms with Crippen molar-refractivity contribution in [1.82, 2.24) is 0 Å². The van der Waals surface area contributed by atoms with Gasteiger partial charge in [-0.3, -0.25) is 0 Å². The average Bonchev–Trinajstić information content (AvgIpc) is 2.31. The van der Waals surface area contributed by atoms with Gasteiger partial charge in [0.25, 0.3) is 0 Å². The number of hydrogen-bond acceptors (Lipinski definition) is 3. The monoisotopic (exact) mass is 296 g/mol. The van der Waals surface area contributed by atoms with Crippen LogP contribution in [0.4, 0.5) is 0 Å². The fourth-order valence-electron chi connectivity index (χ4n) is 3.11. The van der Waals surface area contributed by atoms with Gasteiger partial charge in [0.2, 0.25) is 0 Å². The van der Waals surface area contributed by atoms with Crippen LogP contribution in [-0.4, -0.2) is 24.9 Å². The lowest BCUT2D eigenvalue weighted by molar-refractivity contribution is 0.0835. The molecule has 0 aromatic heterocycles. The molecule has 112 valence electrons. The Kier molecular flexibility index (Phi) is 4.00. The molecule has 3 nitrogen and oxygen atoms in total. The Balaban J connectivity index is 2.43. The third-order valence-corrected chi connectivity index (χ3v) is 6.68. The molecule has 2 unspecified atom stereocenters. The summed E-state index contributed by atoms with van der Waals surface area (Å²) >= 11 is 0. The van der Waals surface area contributed by atoms with Crippen molar-refractivity contribution >= 4 is 9.84 Å². The summed E-state index contributed by atoms with van der Waals surface area (Å²) in [4.78, 5) is 0.366. The first-order valence-corrected chi connectivity index (χ1v) is 8.67. The molecular weight excluding hydrogens is 272 g/mol. The van der Waals surface area contributed by atoms with E-state index in [1.807, 2.05) is 26.0 Å². The Morgan fingerprint density at radius 3 is 2.50 bits per heavy atom. The van der Waals surface area contributed by atoms with Crippen LogP contribution in [-0.2, 0) is 9.84 Å². The maximum absolute atomic E-state index is 12.9. The van der Waals surface area contributed by atoms with E-state index in [2.05, 4.69) is 13.8 Å². The van der Waals surface area contributed by atoms with Crippen molar-refractivity contribution < 1.29 is 13.5 Å². The Morgan fingerprint density at radius 2 is 1.90 bits per heavy atom. The highest BCUT2D eigenvalue weighted by Crippen LogP contribution is 2.40. The highest BCUT2D eigenvalue weighted by molar-refractivity contribution is 7.92. The lowest BCUT2D eigenvalue weighted by Crippen LogP contribution is -2.42. The van der Waals surface area contributed by atoms with Crippen LogP contribution in [0.3, 0.4) is 0 Å². The fraction of sp³-hybridized carbons (Fsp3) is 0.625. The van der Waals surface area contributed by atoms with Crippen LogP contribution >= 0.6 is 0 Å². The molecule has 0 bridgehead atoms. The standard InChI is InChI=1S/C16H24O3S/c1-11-5-6-14(12(2)9-11)20(18,19)15-10-16(3,4)8-7-13(15)17/h5-6,9,13,15,17H,7-8,10H2,1-4H3. The van der Waals surface area contributed by atoms with Gasteiger partial charge in [-0.05, 0) is 50.2 Å². The molecule has 0 radical (unpaired) electrons. The Bertz CT molecular complexity index is 602. The molecule has 0 amide bonds. The predicted octanol–water partition coefficient (Wildman–Crippen LogP) is 3.02. The molecule has 1 saturated carbocycles. The summed E-state index contributed by atoms with van der Waals surface area (Å²) in [5, 5.41) is 9.48. The number of sulfone groups is 1. The molecule has 1 aliphatic rings. The Labute approximate surface area is 121 Å². The topological polar surface area (TPSA) is 54.4 Å². The van der Waals surface area contributed by atoms with Crippen molar-refractivity contribution in [1.29, 1.82) is 0 Å². The second-order valence-electron chi connectivity index (χ2n) is 6.83. The summed E-state index contributed by atoms with van der Waals surface area (Å²) in [6.07, 6.45) is 1.19. The van der Waals surface area contributed by atoms with Crippen LogP contribution in [0.2, 0.25) is 0 Å². The number of aliphatic hydroxyl groups excluding tert-OH is 1. The Morgan fingerprint density at radius 1 is 1.25 bits per heavy atom. The zero-order chi connectivity index (χ0) is 15.1. The van der Waals surface area contributed by atoms with E-state index in [1.165, 1.54) is 0 Å². The summed E-state index contributed by atoms with van der Waals surface area (Å²) in [6, 6.07) is 5.38. The first-order valence-electron chi connectivity index (χ1n) is 7.13. The van der Waals surface area contributed by atoms with Gasteiger partial charge in [0, 0.05) is 0 Å². The Hall–Kier alpha value is -0.870. The summed E-state index contributed by atoms with van der Waals surface area (Å²) in [5.41, 5.74) is 1.78. The summed E-state index contributed by atoms with van der Waals surface area (Å²) in [5.74, 6) is 0. The number of aryl methyl sites for hydroxylation is 2. The minimum Gasteiger partial charge on any atom is -0.392 e. The summed E-state index contributed by atoms with van der Waals surface area (Å²) in [6.45, 7) is 7.91. The van der Waals surface area contributed by atoms with E-state index in [-0.39, 0.29) is 5.41 Å². The van der Waals surface area contributed by atoms with Gasteiger partial charge in [0.15, 0.2) is 9.84 Å². The minimum absolute atomic E-state index is 0.0322. The zero-order valence-electron chi connectivity index (χ0n) is 12.7. The molecule has 0 heterocycles. The molecule has 2 atom stereocenters. The zero-order valence-corrected chi connectivity index (χ0v) is 13.5. The molecule has 0 spiro atoms. The van der Waals surface area contributed by atoms with Gasteiger partial charge in [-0.2, -0.15) is 0 Å². The van der Waals surface area contributed by atoms with Gasteiger partial charge < -0.3 is 5.11 Å². The largest absolute Gasteiger partial charge is 0.392 e. The predicted molar refractivity (Wildman–Crippen MR) is 80.5 cm³/mol. The molecule has 1 aromatic rings. The van der Waals surface area contributed by atoms with E-state index < -0.39 is 21.2 Å². The average molecular weight is 296 g/mol. The van der Waals surface area contributed by atoms with E-state index in [4.69, 9.17) is 0 Å². The van der Waals surface area contributed by atoms with Crippen molar-refractivity contribution in [3.63, 3.8) is 0 Å². The lowest BCUT2D eigenvalue weighted by Gasteiger charge is -2.38. The number of hydrogen-bond donors (Lipinski definition) is 1. The number of benzene rings is 1. The quantitative estimate of drug-likeness (QED) is 0.912. The van der Waals surface area contributed by atoms with Crippen LogP contribution in [0.15, 0.2) is 23.1 Å². The van der Waals surface area contributed by atoms with E-state index >= 15 is 0 Å². The van der Waals surface area contributed by atoms with Gasteiger partial charge in [-0.15, -0.1) is 0 Å². The first kappa shape index (κ1) is 15.5. The van der Waals surface area contributed by atoms with Crippen LogP contribution < -0.4 is 0 Å². The van der Waals surface area contributed by atoms with Crippen LogP contribution in [0.25, 0.3) is 0 Å². The maximum atomic E-state index is 12.9. The molecule has 1 aliphatic carbocycles. The third kappa shape index (κ3) is 2.91. The summed E-state index contributed by atoms with van der Waals surface area (Å²) < 4.78 is 25.7. The van der Waals surface area contributed by atoms with Gasteiger partial charge in [-0.1, -0.05) is 31.5 Å². The molecule has 0 saturated heterocycles. The van der Waals surface area contributed by atoms with Gasteiger partial charge in [-0.25, -0.2) is 8.42 Å². The van der Waals surface area contributed by atoms with Crippen molar-refractivity contribution in [2.24, 2.45) is 5.41 Å². The van der Waals surface area contributed by atoms with Gasteiger partial charge >= 0.3 is 0 Å². The smallest absolute Gasteiger partial charge is 0.184 e. The molecule has 0 aliphatic heterocycles. The van der Waals surface area contributed by atoms with Crippen LogP contribution in [0, 0.1) is 19.3 Å². The van der Waals surface area contributed by atoms with E-state index in [0.717, 1.165) is 17.5 Å². The maximum Gasteiger partial charge on any atom is 0.184 e. The lowest BCUT2D eigenvalue weighted by atomic mass is 9.76. The van der Waals surface area contributed by atoms with Gasteiger partial charge in [0.1, 0.15) is 0 Å². The first-order chi connectivity index (χ1) is 9.13. The van der Waals surface area contributed by atoms with Crippen LogP contribution in [0.1, 0.15) is 44.2 Å². The SMILES string of the molecule is Cc1ccc(S(=O)(=O)C2CC(C)(C)CCC2O)c(C)c1. The third-order valence-electron chi connectivity index (χ3n) is 4.34. The summed E-state index contributed by atoms with van der Waals surface area (Å²) in [7, 11) is -3.48. The normalized spacial score (nSPS) is 26.4. The van der Waals surface area contributed by atoms with E-state index in [9.17, 15) is 13.5 Å². The second kappa shape index (κ2) is 5.15. The highest BCUT2D eigenvalue weighted by atomic mass is 32.2. The highest BCUT2D eigenvalue weighted by Gasteiger charge is 2.42. The van der Waals surface area contributed by atoms with Crippen molar-refractivity contribution in [2.75, 3.05) is 0 Å². The molecule has 20 heavy (non-hydrogen) atoms. The van der Waals surface area contributed by atoms with Crippen LogP contribution in [0.5, 0.6) is 0 Å². The fourth-order valence-corrected chi connectivity index (χ4v) is 5.42. The molecule has 1 N–H and O–H groups in total. The molecule has 1 fully saturated rings. The van der Waals surface area contributed by atoms with E-state index in [1.54, 1.807) is 6.07 Å². The molecule has 4 heteroatoms. The molecule has 2 rings (SSSR count). The molecule has 1 aromatic carbocycles. The molecular formula is C16H24O3S. The second-order valence-corrected chi connectivity index (χ2v) is 8.96. The van der Waals surface area contributed by atoms with Crippen molar-refractivity contribution in [3.05, 3.63) is 29.3 Å². The number of aliphatic hydroxyl groups is 1.